The van der Waals surface area contributed by atoms with E-state index in [0.29, 0.717) is 10.0 Å². The fourth-order valence-corrected chi connectivity index (χ4v) is 3.15. The van der Waals surface area contributed by atoms with Crippen LogP contribution in [-0.4, -0.2) is 6.54 Å². The lowest BCUT2D eigenvalue weighted by molar-refractivity contribution is 0.691. The molecular weight excluding hydrogens is 309 g/mol. The highest BCUT2D eigenvalue weighted by Crippen LogP contribution is 2.22. The zero-order valence-electron chi connectivity index (χ0n) is 9.55. The van der Waals surface area contributed by atoms with E-state index in [4.69, 9.17) is 34.8 Å². The van der Waals surface area contributed by atoms with Crippen molar-refractivity contribution >= 4 is 46.1 Å². The van der Waals surface area contributed by atoms with Crippen LogP contribution < -0.4 is 5.32 Å². The molecule has 1 aromatic heterocycles. The molecule has 0 aliphatic rings. The first-order valence-corrected chi connectivity index (χ1v) is 7.49. The van der Waals surface area contributed by atoms with Gasteiger partial charge in [0.1, 0.15) is 0 Å². The fourth-order valence-electron chi connectivity index (χ4n) is 1.59. The first-order valence-electron chi connectivity index (χ1n) is 5.54. The van der Waals surface area contributed by atoms with Crippen LogP contribution in [0.5, 0.6) is 0 Å². The maximum atomic E-state index is 6.09. The Balaban J connectivity index is 1.78. The third kappa shape index (κ3) is 4.15. The maximum Gasteiger partial charge on any atom is 0.0931 e. The Morgan fingerprint density at radius 3 is 2.56 bits per heavy atom. The van der Waals surface area contributed by atoms with Crippen LogP contribution in [0.1, 0.15) is 10.4 Å². The predicted molar refractivity (Wildman–Crippen MR) is 81.2 cm³/mol. The standard InChI is InChI=1S/C13H12Cl3NS/c14-10-2-1-9(12(15)7-10)8-17-6-5-11-3-4-13(16)18-11/h1-4,7,17H,5-6,8H2. The number of hydrogen-bond donors (Lipinski definition) is 1. The molecule has 0 fully saturated rings. The maximum absolute atomic E-state index is 6.09. The molecule has 5 heteroatoms. The second kappa shape index (κ2) is 6.78. The van der Waals surface area contributed by atoms with E-state index < -0.39 is 0 Å². The Bertz CT molecular complexity index is 525. The van der Waals surface area contributed by atoms with E-state index in [-0.39, 0.29) is 0 Å². The van der Waals surface area contributed by atoms with Crippen LogP contribution in [-0.2, 0) is 13.0 Å². The molecule has 0 unspecified atom stereocenters. The van der Waals surface area contributed by atoms with Crippen LogP contribution >= 0.6 is 46.1 Å². The number of halogens is 3. The minimum Gasteiger partial charge on any atom is -0.312 e. The minimum absolute atomic E-state index is 0.664. The van der Waals surface area contributed by atoms with Gasteiger partial charge in [0.05, 0.1) is 4.34 Å². The molecule has 0 spiro atoms. The van der Waals surface area contributed by atoms with Crippen molar-refractivity contribution in [3.05, 3.63) is 55.2 Å². The fraction of sp³-hybridized carbons (Fsp3) is 0.231. The summed E-state index contributed by atoms with van der Waals surface area (Å²) in [6.07, 6.45) is 0.975. The van der Waals surface area contributed by atoms with Crippen molar-refractivity contribution in [1.29, 1.82) is 0 Å². The molecule has 0 aliphatic carbocycles. The van der Waals surface area contributed by atoms with Gasteiger partial charge in [-0.15, -0.1) is 11.3 Å². The summed E-state index contributed by atoms with van der Waals surface area (Å²) in [5.41, 5.74) is 1.06. The van der Waals surface area contributed by atoms with Crippen molar-refractivity contribution in [1.82, 2.24) is 5.32 Å². The van der Waals surface area contributed by atoms with Crippen LogP contribution in [0.2, 0.25) is 14.4 Å². The SMILES string of the molecule is Clc1ccc(CNCCc2ccc(Cl)s2)c(Cl)c1. The summed E-state index contributed by atoms with van der Waals surface area (Å²) in [7, 11) is 0. The van der Waals surface area contributed by atoms with Gasteiger partial charge in [-0.3, -0.25) is 0 Å². The average Bonchev–Trinajstić information content (AvgIpc) is 2.73. The molecule has 96 valence electrons. The number of benzene rings is 1. The van der Waals surface area contributed by atoms with E-state index >= 15 is 0 Å². The van der Waals surface area contributed by atoms with Crippen LogP contribution in [0.4, 0.5) is 0 Å². The zero-order valence-corrected chi connectivity index (χ0v) is 12.6. The van der Waals surface area contributed by atoms with Crippen LogP contribution in [0.15, 0.2) is 30.3 Å². The molecule has 1 nitrogen and oxygen atoms in total. The molecule has 0 saturated carbocycles. The third-order valence-corrected chi connectivity index (χ3v) is 4.39. The molecule has 1 heterocycles. The first-order chi connectivity index (χ1) is 8.65. The Labute approximate surface area is 126 Å². The third-order valence-electron chi connectivity index (χ3n) is 2.51. The Kier molecular flexibility index (Phi) is 5.34. The normalized spacial score (nSPS) is 10.8. The molecule has 0 radical (unpaired) electrons. The molecule has 1 N–H and O–H groups in total. The van der Waals surface area contributed by atoms with Gasteiger partial charge < -0.3 is 5.32 Å². The number of hydrogen-bond acceptors (Lipinski definition) is 2. The van der Waals surface area contributed by atoms with Gasteiger partial charge in [-0.25, -0.2) is 0 Å². The van der Waals surface area contributed by atoms with Crippen LogP contribution in [0.3, 0.4) is 0 Å². The highest BCUT2D eigenvalue weighted by atomic mass is 35.5. The van der Waals surface area contributed by atoms with E-state index in [9.17, 15) is 0 Å². The van der Waals surface area contributed by atoms with Crippen molar-refractivity contribution in [2.24, 2.45) is 0 Å². The molecule has 2 rings (SSSR count). The van der Waals surface area contributed by atoms with Crippen molar-refractivity contribution < 1.29 is 0 Å². The number of thiophene rings is 1. The second-order valence-electron chi connectivity index (χ2n) is 3.87. The Hall–Kier alpha value is -0.250. The smallest absolute Gasteiger partial charge is 0.0931 e. The molecule has 0 atom stereocenters. The summed E-state index contributed by atoms with van der Waals surface area (Å²) in [4.78, 5) is 1.29. The summed E-state index contributed by atoms with van der Waals surface area (Å²) in [5.74, 6) is 0. The van der Waals surface area contributed by atoms with Gasteiger partial charge in [0, 0.05) is 28.0 Å². The quantitative estimate of drug-likeness (QED) is 0.761. The van der Waals surface area contributed by atoms with Gasteiger partial charge in [0.2, 0.25) is 0 Å². The first kappa shape index (κ1) is 14.2. The van der Waals surface area contributed by atoms with Crippen molar-refractivity contribution in [2.75, 3.05) is 6.54 Å². The Morgan fingerprint density at radius 1 is 1.06 bits per heavy atom. The van der Waals surface area contributed by atoms with Gasteiger partial charge in [0.25, 0.3) is 0 Å². The topological polar surface area (TPSA) is 12.0 Å². The molecule has 18 heavy (non-hydrogen) atoms. The van der Waals surface area contributed by atoms with E-state index in [1.54, 1.807) is 17.4 Å². The second-order valence-corrected chi connectivity index (χ2v) is 6.51. The lowest BCUT2D eigenvalue weighted by Crippen LogP contribution is -2.16. The zero-order chi connectivity index (χ0) is 13.0. The van der Waals surface area contributed by atoms with Gasteiger partial charge in [-0.1, -0.05) is 40.9 Å². The molecule has 0 amide bonds. The summed E-state index contributed by atoms with van der Waals surface area (Å²) in [6, 6.07) is 9.55. The molecule has 0 aliphatic heterocycles. The van der Waals surface area contributed by atoms with Crippen LogP contribution in [0.25, 0.3) is 0 Å². The molecule has 0 bridgehead atoms. The lowest BCUT2D eigenvalue weighted by atomic mass is 10.2. The summed E-state index contributed by atoms with van der Waals surface area (Å²) < 4.78 is 0.839. The molecular formula is C13H12Cl3NS. The van der Waals surface area contributed by atoms with Crippen molar-refractivity contribution in [2.45, 2.75) is 13.0 Å². The van der Waals surface area contributed by atoms with Crippen molar-refractivity contribution in [3.63, 3.8) is 0 Å². The minimum atomic E-state index is 0.664. The highest BCUT2D eigenvalue weighted by Gasteiger charge is 2.01. The molecule has 0 saturated heterocycles. The van der Waals surface area contributed by atoms with Gasteiger partial charge >= 0.3 is 0 Å². The van der Waals surface area contributed by atoms with E-state index in [2.05, 4.69) is 11.4 Å². The summed E-state index contributed by atoms with van der Waals surface area (Å²) in [6.45, 7) is 1.64. The van der Waals surface area contributed by atoms with Gasteiger partial charge in [-0.05, 0) is 36.2 Å². The predicted octanol–water partition coefficient (Wildman–Crippen LogP) is 5.04. The van der Waals surface area contributed by atoms with Crippen LogP contribution in [0, 0.1) is 0 Å². The van der Waals surface area contributed by atoms with Crippen molar-refractivity contribution in [3.8, 4) is 0 Å². The highest BCUT2D eigenvalue weighted by molar-refractivity contribution is 7.16. The van der Waals surface area contributed by atoms with E-state index in [0.717, 1.165) is 29.4 Å². The van der Waals surface area contributed by atoms with Gasteiger partial charge in [-0.2, -0.15) is 0 Å². The average molecular weight is 321 g/mol. The lowest BCUT2D eigenvalue weighted by Gasteiger charge is -2.06. The van der Waals surface area contributed by atoms with E-state index in [1.807, 2.05) is 18.2 Å². The van der Waals surface area contributed by atoms with Gasteiger partial charge in [0.15, 0.2) is 0 Å². The summed E-state index contributed by atoms with van der Waals surface area (Å²) in [5, 5.41) is 4.72. The molecule has 2 aromatic rings. The summed E-state index contributed by atoms with van der Waals surface area (Å²) >= 11 is 19.4. The largest absolute Gasteiger partial charge is 0.312 e. The number of rotatable bonds is 5. The monoisotopic (exact) mass is 319 g/mol. The number of nitrogens with one attached hydrogen (secondary N) is 1. The molecule has 1 aromatic carbocycles. The Morgan fingerprint density at radius 2 is 1.89 bits per heavy atom. The van der Waals surface area contributed by atoms with E-state index in [1.165, 1.54) is 4.88 Å².